The number of ether oxygens (including phenoxy) is 1. The number of aromatic amines is 1. The molecule has 0 spiro atoms. The van der Waals surface area contributed by atoms with E-state index in [9.17, 15) is 20.1 Å². The van der Waals surface area contributed by atoms with Gasteiger partial charge in [-0.25, -0.2) is 15.0 Å². The van der Waals surface area contributed by atoms with Gasteiger partial charge in [0, 0.05) is 0 Å². The van der Waals surface area contributed by atoms with Crippen LogP contribution in [0.15, 0.2) is 6.33 Å². The second-order valence-corrected chi connectivity index (χ2v) is 7.43. The van der Waals surface area contributed by atoms with Crippen molar-refractivity contribution in [3.05, 3.63) is 12.2 Å². The highest BCUT2D eigenvalue weighted by molar-refractivity contribution is 5.83. The van der Waals surface area contributed by atoms with Crippen molar-refractivity contribution in [2.24, 2.45) is 0 Å². The van der Waals surface area contributed by atoms with Crippen molar-refractivity contribution in [2.75, 3.05) is 11.9 Å². The summed E-state index contributed by atoms with van der Waals surface area (Å²) in [5, 5.41) is 39.6. The quantitative estimate of drug-likeness (QED) is 0.293. The Bertz CT molecular complexity index is 892. The second kappa shape index (κ2) is 7.80. The van der Waals surface area contributed by atoms with Gasteiger partial charge in [0.05, 0.1) is 24.6 Å². The number of carbonyl (C=O) groups is 1. The molecule has 0 aromatic carbocycles. The fraction of sp³-hybridized carbons (Fsp3) is 0.647. The smallest absolute Gasteiger partial charge is 0.240 e. The van der Waals surface area contributed by atoms with Crippen LogP contribution in [-0.2, 0) is 9.53 Å². The monoisotopic (exact) mass is 407 g/mol. The van der Waals surface area contributed by atoms with Crippen LogP contribution in [0.3, 0.4) is 0 Å². The molecular weight excluding hydrogens is 382 g/mol. The second-order valence-electron chi connectivity index (χ2n) is 7.43. The summed E-state index contributed by atoms with van der Waals surface area (Å²) < 4.78 is 5.83. The Morgan fingerprint density at radius 3 is 2.79 bits per heavy atom. The average molecular weight is 407 g/mol. The number of anilines is 1. The molecule has 4 rings (SSSR count). The van der Waals surface area contributed by atoms with Crippen molar-refractivity contribution in [3.8, 4) is 0 Å². The van der Waals surface area contributed by atoms with Crippen molar-refractivity contribution >= 4 is 22.9 Å². The van der Waals surface area contributed by atoms with Gasteiger partial charge >= 0.3 is 0 Å². The van der Waals surface area contributed by atoms with Gasteiger partial charge in [-0.05, 0) is 26.8 Å². The number of H-pyrrole nitrogens is 1. The first-order chi connectivity index (χ1) is 13.8. The highest BCUT2D eigenvalue weighted by Gasteiger charge is 2.45. The summed E-state index contributed by atoms with van der Waals surface area (Å²) in [7, 11) is 0. The standard InChI is InChI=1S/C17H25N7O5/c1-6-9(23-16(28)10-8(25)3-4-18-10)12(26)13(27)17(29-6)24-15-11-14(20-5-19-11)21-7(2)22-15/h5-6,8-10,12-13,17-18,25-27H,3-4H2,1-2H3,(H,23,28)(H2,19,20,21,22,24)/t6-,8-,9-,10+,12+,13-,17-/m0/s1. The van der Waals surface area contributed by atoms with Gasteiger partial charge in [-0.3, -0.25) is 4.79 Å². The van der Waals surface area contributed by atoms with Crippen LogP contribution < -0.4 is 16.0 Å². The number of imidazole rings is 1. The SMILES string of the molecule is Cc1nc(N[C@H]2O[C@@H](C)[C@H](NC(=O)[C@@H]3NCC[C@@H]3O)[C@@H](O)[C@@H]2O)c2[nH]cnc2n1. The number of aliphatic hydroxyl groups excluding tert-OH is 3. The lowest BCUT2D eigenvalue weighted by atomic mass is 9.95. The lowest BCUT2D eigenvalue weighted by Crippen LogP contribution is -2.65. The summed E-state index contributed by atoms with van der Waals surface area (Å²) in [5.74, 6) is 0.423. The molecule has 29 heavy (non-hydrogen) atoms. The first-order valence-corrected chi connectivity index (χ1v) is 9.53. The maximum Gasteiger partial charge on any atom is 0.240 e. The van der Waals surface area contributed by atoms with Gasteiger partial charge in [-0.1, -0.05) is 0 Å². The van der Waals surface area contributed by atoms with Crippen molar-refractivity contribution < 1.29 is 24.9 Å². The maximum atomic E-state index is 12.4. The van der Waals surface area contributed by atoms with E-state index in [-0.39, 0.29) is 0 Å². The number of hydrogen-bond acceptors (Lipinski definition) is 10. The number of nitrogens with one attached hydrogen (secondary N) is 4. The Morgan fingerprint density at radius 1 is 1.28 bits per heavy atom. The predicted octanol–water partition coefficient (Wildman–Crippen LogP) is -2.25. The van der Waals surface area contributed by atoms with E-state index in [0.717, 1.165) is 0 Å². The molecule has 2 aromatic heterocycles. The molecule has 4 heterocycles. The zero-order valence-electron chi connectivity index (χ0n) is 16.0. The van der Waals surface area contributed by atoms with Gasteiger partial charge in [0.2, 0.25) is 5.91 Å². The third kappa shape index (κ3) is 3.76. The van der Waals surface area contributed by atoms with Gasteiger partial charge < -0.3 is 41.0 Å². The molecule has 2 aliphatic heterocycles. The normalized spacial score (nSPS) is 35.0. The van der Waals surface area contributed by atoms with E-state index in [4.69, 9.17) is 4.74 Å². The van der Waals surface area contributed by atoms with Crippen LogP contribution in [0.1, 0.15) is 19.2 Å². The Labute approximate surface area is 166 Å². The molecule has 2 fully saturated rings. The first-order valence-electron chi connectivity index (χ1n) is 9.53. The molecule has 0 saturated carbocycles. The predicted molar refractivity (Wildman–Crippen MR) is 101 cm³/mol. The summed E-state index contributed by atoms with van der Waals surface area (Å²) in [6.07, 6.45) is -3.05. The fourth-order valence-corrected chi connectivity index (χ4v) is 3.78. The minimum absolute atomic E-state index is 0.384. The van der Waals surface area contributed by atoms with Crippen molar-refractivity contribution in [1.29, 1.82) is 0 Å². The average Bonchev–Trinajstić information content (AvgIpc) is 3.31. The minimum Gasteiger partial charge on any atom is -0.391 e. The number of fused-ring (bicyclic) bond motifs is 1. The number of hydrogen-bond donors (Lipinski definition) is 7. The van der Waals surface area contributed by atoms with E-state index in [0.29, 0.717) is 35.8 Å². The lowest BCUT2D eigenvalue weighted by Gasteiger charge is -2.42. The largest absolute Gasteiger partial charge is 0.391 e. The highest BCUT2D eigenvalue weighted by atomic mass is 16.5. The molecule has 0 aliphatic carbocycles. The van der Waals surface area contributed by atoms with Crippen LogP contribution in [-0.4, -0.2) is 90.4 Å². The molecule has 12 heteroatoms. The van der Waals surface area contributed by atoms with Crippen LogP contribution in [0, 0.1) is 6.92 Å². The van der Waals surface area contributed by atoms with E-state index in [1.165, 1.54) is 6.33 Å². The summed E-state index contributed by atoms with van der Waals surface area (Å²) >= 11 is 0. The summed E-state index contributed by atoms with van der Waals surface area (Å²) in [6.45, 7) is 3.93. The Balaban J connectivity index is 1.47. The molecule has 0 bridgehead atoms. The number of aromatic nitrogens is 4. The van der Waals surface area contributed by atoms with Gasteiger partial charge in [0.15, 0.2) is 17.7 Å². The van der Waals surface area contributed by atoms with Gasteiger partial charge in [0.25, 0.3) is 0 Å². The Hall–Kier alpha value is -2.38. The van der Waals surface area contributed by atoms with Crippen LogP contribution in [0.2, 0.25) is 0 Å². The van der Waals surface area contributed by atoms with Gasteiger partial charge in [-0.2, -0.15) is 0 Å². The van der Waals surface area contributed by atoms with Crippen molar-refractivity contribution in [1.82, 2.24) is 30.6 Å². The zero-order chi connectivity index (χ0) is 20.7. The number of carbonyl (C=O) groups excluding carboxylic acids is 1. The number of rotatable bonds is 4. The molecule has 12 nitrogen and oxygen atoms in total. The number of nitrogens with zero attached hydrogens (tertiary/aromatic N) is 3. The third-order valence-electron chi connectivity index (χ3n) is 5.35. The zero-order valence-corrected chi connectivity index (χ0v) is 16.0. The van der Waals surface area contributed by atoms with Crippen LogP contribution in [0.25, 0.3) is 11.2 Å². The van der Waals surface area contributed by atoms with Gasteiger partial charge in [-0.15, -0.1) is 0 Å². The van der Waals surface area contributed by atoms with E-state index < -0.39 is 48.6 Å². The topological polar surface area (TPSA) is 178 Å². The van der Waals surface area contributed by atoms with E-state index in [1.807, 2.05) is 0 Å². The molecule has 2 aromatic rings. The molecule has 2 saturated heterocycles. The number of aryl methyl sites for hydroxylation is 1. The molecule has 0 unspecified atom stereocenters. The molecule has 7 N–H and O–H groups in total. The van der Waals surface area contributed by atoms with Crippen LogP contribution >= 0.6 is 0 Å². The van der Waals surface area contributed by atoms with Crippen LogP contribution in [0.4, 0.5) is 5.82 Å². The molecule has 1 amide bonds. The summed E-state index contributed by atoms with van der Waals surface area (Å²) in [6, 6.07) is -1.59. The maximum absolute atomic E-state index is 12.4. The number of aliphatic hydroxyl groups is 3. The summed E-state index contributed by atoms with van der Waals surface area (Å²) in [4.78, 5) is 28.0. The minimum atomic E-state index is -1.34. The molecule has 0 radical (unpaired) electrons. The first kappa shape index (κ1) is 19.9. The third-order valence-corrected chi connectivity index (χ3v) is 5.35. The molecule has 7 atom stereocenters. The lowest BCUT2D eigenvalue weighted by molar-refractivity contribution is -0.173. The van der Waals surface area contributed by atoms with Crippen molar-refractivity contribution in [3.63, 3.8) is 0 Å². The molecule has 2 aliphatic rings. The van der Waals surface area contributed by atoms with E-state index >= 15 is 0 Å². The summed E-state index contributed by atoms with van der Waals surface area (Å²) in [5.41, 5.74) is 1.01. The van der Waals surface area contributed by atoms with Crippen molar-refractivity contribution in [2.45, 2.75) is 63.0 Å². The van der Waals surface area contributed by atoms with E-state index in [1.54, 1.807) is 13.8 Å². The highest BCUT2D eigenvalue weighted by Crippen LogP contribution is 2.25. The van der Waals surface area contributed by atoms with E-state index in [2.05, 4.69) is 35.9 Å². The van der Waals surface area contributed by atoms with Gasteiger partial charge in [0.1, 0.15) is 29.6 Å². The molecular formula is C17H25N7O5. The Kier molecular flexibility index (Phi) is 5.36. The number of amides is 1. The molecule has 158 valence electrons. The Morgan fingerprint density at radius 2 is 2.07 bits per heavy atom. The fourth-order valence-electron chi connectivity index (χ4n) is 3.78. The van der Waals surface area contributed by atoms with Crippen LogP contribution in [0.5, 0.6) is 0 Å².